The number of pyridine rings is 1. The number of halogens is 1. The lowest BCUT2D eigenvalue weighted by Gasteiger charge is -2.48. The number of piperidine rings is 1. The van der Waals surface area contributed by atoms with Gasteiger partial charge < -0.3 is 9.64 Å². The zero-order valence-electron chi connectivity index (χ0n) is 14.1. The van der Waals surface area contributed by atoms with E-state index in [1.807, 2.05) is 18.3 Å². The van der Waals surface area contributed by atoms with Crippen molar-refractivity contribution in [1.29, 1.82) is 0 Å². The van der Waals surface area contributed by atoms with Crippen molar-refractivity contribution in [3.63, 3.8) is 0 Å². The van der Waals surface area contributed by atoms with Crippen molar-refractivity contribution >= 4 is 5.95 Å². The van der Waals surface area contributed by atoms with Crippen molar-refractivity contribution in [3.05, 3.63) is 48.3 Å². The van der Waals surface area contributed by atoms with Gasteiger partial charge in [0, 0.05) is 25.8 Å². The van der Waals surface area contributed by atoms with Crippen LogP contribution in [0.15, 0.2) is 36.8 Å². The summed E-state index contributed by atoms with van der Waals surface area (Å²) in [6, 6.07) is 6.01. The largest absolute Gasteiger partial charge is 0.370 e. The third-order valence-electron chi connectivity index (χ3n) is 4.87. The summed E-state index contributed by atoms with van der Waals surface area (Å²) in [5.74, 6) is 0.164. The minimum Gasteiger partial charge on any atom is -0.370 e. The molecule has 25 heavy (non-hydrogen) atoms. The van der Waals surface area contributed by atoms with Crippen LogP contribution in [0.3, 0.4) is 0 Å². The number of morpholine rings is 1. The average Bonchev–Trinajstić information content (AvgIpc) is 2.63. The van der Waals surface area contributed by atoms with E-state index in [1.54, 1.807) is 0 Å². The SMILES string of the molecule is Fc1cnc(N2CCOC3(CCCN(Cc4ccccn4)C3)C2)nc1. The zero-order valence-corrected chi connectivity index (χ0v) is 14.1. The standard InChI is InChI=1S/C18H22FN5O/c19-15-10-21-17(22-11-15)24-8-9-25-18(14-24)5-3-7-23(13-18)12-16-4-1-2-6-20-16/h1-2,4,6,10-11H,3,5,7-9,12-14H2. The predicted molar refractivity (Wildman–Crippen MR) is 91.6 cm³/mol. The van der Waals surface area contributed by atoms with E-state index in [1.165, 1.54) is 12.4 Å². The number of anilines is 1. The van der Waals surface area contributed by atoms with Crippen molar-refractivity contribution in [2.24, 2.45) is 0 Å². The van der Waals surface area contributed by atoms with Gasteiger partial charge in [0.25, 0.3) is 0 Å². The Morgan fingerprint density at radius 1 is 1.12 bits per heavy atom. The number of likely N-dealkylation sites (tertiary alicyclic amines) is 1. The Hall–Kier alpha value is -2.12. The first-order valence-electron chi connectivity index (χ1n) is 8.71. The van der Waals surface area contributed by atoms with E-state index in [0.717, 1.165) is 51.3 Å². The maximum absolute atomic E-state index is 13.1. The number of ether oxygens (including phenoxy) is 1. The Kier molecular flexibility index (Phi) is 4.59. The van der Waals surface area contributed by atoms with Crippen LogP contribution < -0.4 is 4.90 Å². The van der Waals surface area contributed by atoms with Gasteiger partial charge >= 0.3 is 0 Å². The van der Waals surface area contributed by atoms with Crippen LogP contribution in [0, 0.1) is 5.82 Å². The van der Waals surface area contributed by atoms with Crippen molar-refractivity contribution < 1.29 is 9.13 Å². The normalized spacial score (nSPS) is 24.6. The molecule has 2 aliphatic heterocycles. The van der Waals surface area contributed by atoms with Crippen molar-refractivity contribution in [2.75, 3.05) is 37.7 Å². The third-order valence-corrected chi connectivity index (χ3v) is 4.87. The molecule has 4 rings (SSSR count). The van der Waals surface area contributed by atoms with Gasteiger partial charge in [-0.2, -0.15) is 0 Å². The zero-order chi connectivity index (χ0) is 17.1. The van der Waals surface area contributed by atoms with Crippen molar-refractivity contribution in [2.45, 2.75) is 25.0 Å². The van der Waals surface area contributed by atoms with Gasteiger partial charge in [-0.15, -0.1) is 0 Å². The predicted octanol–water partition coefficient (Wildman–Crippen LogP) is 1.88. The molecule has 0 bridgehead atoms. The lowest BCUT2D eigenvalue weighted by atomic mass is 9.90. The second kappa shape index (κ2) is 7.01. The van der Waals surface area contributed by atoms with E-state index >= 15 is 0 Å². The number of nitrogens with zero attached hydrogens (tertiary/aromatic N) is 5. The van der Waals surface area contributed by atoms with Crippen LogP contribution in [0.2, 0.25) is 0 Å². The molecule has 2 aromatic rings. The van der Waals surface area contributed by atoms with Gasteiger partial charge in [0.1, 0.15) is 0 Å². The molecule has 1 unspecified atom stereocenters. The highest BCUT2D eigenvalue weighted by Gasteiger charge is 2.41. The lowest BCUT2D eigenvalue weighted by molar-refractivity contribution is -0.0989. The highest BCUT2D eigenvalue weighted by Crippen LogP contribution is 2.30. The summed E-state index contributed by atoms with van der Waals surface area (Å²) >= 11 is 0. The van der Waals surface area contributed by atoms with E-state index in [9.17, 15) is 4.39 Å². The monoisotopic (exact) mass is 343 g/mol. The first-order valence-corrected chi connectivity index (χ1v) is 8.71. The van der Waals surface area contributed by atoms with E-state index in [4.69, 9.17) is 4.74 Å². The molecule has 2 aromatic heterocycles. The molecule has 0 N–H and O–H groups in total. The van der Waals surface area contributed by atoms with E-state index in [-0.39, 0.29) is 5.60 Å². The number of hydrogen-bond donors (Lipinski definition) is 0. The molecule has 4 heterocycles. The number of rotatable bonds is 3. The smallest absolute Gasteiger partial charge is 0.225 e. The van der Waals surface area contributed by atoms with Gasteiger partial charge in [0.05, 0.1) is 36.8 Å². The molecule has 1 atom stereocenters. The molecule has 132 valence electrons. The fourth-order valence-electron chi connectivity index (χ4n) is 3.78. The fraction of sp³-hybridized carbons (Fsp3) is 0.500. The molecule has 2 aliphatic rings. The summed E-state index contributed by atoms with van der Waals surface area (Å²) in [5, 5.41) is 0. The van der Waals surface area contributed by atoms with Crippen LogP contribution in [0.25, 0.3) is 0 Å². The Balaban J connectivity index is 1.45. The van der Waals surface area contributed by atoms with E-state index in [0.29, 0.717) is 12.6 Å². The second-order valence-corrected chi connectivity index (χ2v) is 6.79. The summed E-state index contributed by atoms with van der Waals surface area (Å²) < 4.78 is 19.3. The minimum atomic E-state index is -0.411. The molecule has 0 aromatic carbocycles. The van der Waals surface area contributed by atoms with Crippen LogP contribution in [-0.2, 0) is 11.3 Å². The van der Waals surface area contributed by atoms with E-state index in [2.05, 4.69) is 30.8 Å². The van der Waals surface area contributed by atoms with Crippen molar-refractivity contribution in [1.82, 2.24) is 19.9 Å². The summed E-state index contributed by atoms with van der Waals surface area (Å²) in [7, 11) is 0. The molecule has 0 aliphatic carbocycles. The molecule has 0 radical (unpaired) electrons. The van der Waals surface area contributed by atoms with E-state index < -0.39 is 5.82 Å². The highest BCUT2D eigenvalue weighted by molar-refractivity contribution is 5.31. The van der Waals surface area contributed by atoms with Crippen LogP contribution in [0.1, 0.15) is 18.5 Å². The molecular formula is C18H22FN5O. The molecule has 2 fully saturated rings. The number of aromatic nitrogens is 3. The fourth-order valence-corrected chi connectivity index (χ4v) is 3.78. The Morgan fingerprint density at radius 2 is 2.00 bits per heavy atom. The molecule has 0 saturated carbocycles. The first-order chi connectivity index (χ1) is 12.2. The molecular weight excluding hydrogens is 321 g/mol. The highest BCUT2D eigenvalue weighted by atomic mass is 19.1. The first kappa shape index (κ1) is 16.4. The second-order valence-electron chi connectivity index (χ2n) is 6.79. The van der Waals surface area contributed by atoms with Crippen molar-refractivity contribution in [3.8, 4) is 0 Å². The molecule has 6 nitrogen and oxygen atoms in total. The van der Waals surface area contributed by atoms with Gasteiger partial charge in [0.15, 0.2) is 5.82 Å². The number of hydrogen-bond acceptors (Lipinski definition) is 6. The average molecular weight is 343 g/mol. The van der Waals surface area contributed by atoms with Crippen LogP contribution in [0.4, 0.5) is 10.3 Å². The maximum Gasteiger partial charge on any atom is 0.225 e. The molecule has 0 amide bonds. The molecule has 2 saturated heterocycles. The minimum absolute atomic E-state index is 0.219. The van der Waals surface area contributed by atoms with Gasteiger partial charge in [-0.3, -0.25) is 9.88 Å². The van der Waals surface area contributed by atoms with Crippen LogP contribution in [0.5, 0.6) is 0 Å². The quantitative estimate of drug-likeness (QED) is 0.848. The van der Waals surface area contributed by atoms with Crippen LogP contribution in [-0.4, -0.2) is 58.2 Å². The summed E-state index contributed by atoms with van der Waals surface area (Å²) in [5.41, 5.74) is 0.859. The lowest BCUT2D eigenvalue weighted by Crippen LogP contribution is -2.60. The Morgan fingerprint density at radius 3 is 2.80 bits per heavy atom. The summed E-state index contributed by atoms with van der Waals surface area (Å²) in [6.07, 6.45) is 6.38. The Labute approximate surface area is 146 Å². The van der Waals surface area contributed by atoms with Crippen LogP contribution >= 0.6 is 0 Å². The van der Waals surface area contributed by atoms with Gasteiger partial charge in [0.2, 0.25) is 5.95 Å². The van der Waals surface area contributed by atoms with Gasteiger partial charge in [-0.25, -0.2) is 14.4 Å². The summed E-state index contributed by atoms with van der Waals surface area (Å²) in [6.45, 7) is 4.85. The summed E-state index contributed by atoms with van der Waals surface area (Å²) in [4.78, 5) is 17.2. The van der Waals surface area contributed by atoms with Gasteiger partial charge in [-0.05, 0) is 31.5 Å². The topological polar surface area (TPSA) is 54.4 Å². The third kappa shape index (κ3) is 3.77. The maximum atomic E-state index is 13.1. The molecule has 1 spiro atoms. The molecule has 7 heteroatoms. The van der Waals surface area contributed by atoms with Gasteiger partial charge in [-0.1, -0.05) is 6.07 Å². The Bertz CT molecular complexity index is 694.